The van der Waals surface area contributed by atoms with E-state index in [-0.39, 0.29) is 5.91 Å². The smallest absolute Gasteiger partial charge is 0.267 e. The van der Waals surface area contributed by atoms with E-state index in [4.69, 9.17) is 0 Å². The quantitative estimate of drug-likeness (QED) is 0.455. The van der Waals surface area contributed by atoms with Crippen molar-refractivity contribution in [1.29, 1.82) is 0 Å². The Kier molecular flexibility index (Phi) is 1.57. The van der Waals surface area contributed by atoms with E-state index in [1.54, 1.807) is 13.1 Å². The van der Waals surface area contributed by atoms with Crippen LogP contribution < -0.4 is 0 Å². The van der Waals surface area contributed by atoms with Crippen LogP contribution in [0.1, 0.15) is 13.8 Å². The van der Waals surface area contributed by atoms with Crippen molar-refractivity contribution in [3.8, 4) is 0 Å². The van der Waals surface area contributed by atoms with Gasteiger partial charge in [0.05, 0.1) is 11.3 Å². The molecule has 1 aliphatic rings. The van der Waals surface area contributed by atoms with Crippen molar-refractivity contribution >= 4 is 11.6 Å². The third-order valence-corrected chi connectivity index (χ3v) is 1.50. The van der Waals surface area contributed by atoms with E-state index in [9.17, 15) is 4.79 Å². The summed E-state index contributed by atoms with van der Waals surface area (Å²) in [5.41, 5.74) is 1.51. The van der Waals surface area contributed by atoms with Gasteiger partial charge in [0.15, 0.2) is 0 Å². The predicted octanol–water partition coefficient (Wildman–Crippen LogP) is 0.781. The minimum absolute atomic E-state index is 0.0139. The van der Waals surface area contributed by atoms with Crippen molar-refractivity contribution < 1.29 is 4.79 Å². The van der Waals surface area contributed by atoms with Gasteiger partial charge in [0.2, 0.25) is 0 Å². The minimum atomic E-state index is -0.0139. The molecule has 3 heteroatoms. The number of amides is 1. The molecule has 0 aromatic heterocycles. The molecule has 1 aliphatic heterocycles. The number of carbonyl (C=O) groups excluding carboxylic acids is 1. The highest BCUT2D eigenvalue weighted by molar-refractivity contribution is 6.23. The van der Waals surface area contributed by atoms with Crippen LogP contribution in [0.2, 0.25) is 0 Å². The van der Waals surface area contributed by atoms with E-state index in [1.807, 2.05) is 13.8 Å². The van der Waals surface area contributed by atoms with E-state index < -0.39 is 0 Å². The summed E-state index contributed by atoms with van der Waals surface area (Å²) in [4.78, 5) is 11.1. The summed E-state index contributed by atoms with van der Waals surface area (Å²) in [5, 5.41) is 5.31. The molecule has 0 bridgehead atoms. The first-order valence-corrected chi connectivity index (χ1v) is 3.16. The molecule has 1 heterocycles. The molecule has 0 aromatic carbocycles. The topological polar surface area (TPSA) is 32.7 Å². The number of rotatable bonds is 0. The summed E-state index contributed by atoms with van der Waals surface area (Å²) in [6.45, 7) is 3.67. The highest BCUT2D eigenvalue weighted by atomic mass is 16.2. The zero-order valence-electron chi connectivity index (χ0n) is 6.38. The normalized spacial score (nSPS) is 22.3. The molecule has 0 spiro atoms. The molecule has 0 fully saturated rings. The van der Waals surface area contributed by atoms with Gasteiger partial charge in [-0.3, -0.25) is 4.79 Å². The van der Waals surface area contributed by atoms with Gasteiger partial charge in [-0.25, -0.2) is 5.01 Å². The largest absolute Gasteiger partial charge is 0.275 e. The van der Waals surface area contributed by atoms with Gasteiger partial charge in [-0.2, -0.15) is 5.10 Å². The van der Waals surface area contributed by atoms with Crippen molar-refractivity contribution in [2.45, 2.75) is 13.8 Å². The van der Waals surface area contributed by atoms with Gasteiger partial charge in [-0.1, -0.05) is 6.08 Å². The van der Waals surface area contributed by atoms with Crippen LogP contribution in [0.4, 0.5) is 0 Å². The van der Waals surface area contributed by atoms with Crippen LogP contribution in [0.25, 0.3) is 0 Å². The SMILES string of the molecule is CC=C1C(=O)N(C)N=C1C. The van der Waals surface area contributed by atoms with Crippen molar-refractivity contribution in [2.75, 3.05) is 7.05 Å². The second-order valence-electron chi connectivity index (χ2n) is 2.22. The Bertz CT molecular complexity index is 228. The molecule has 0 atom stereocenters. The summed E-state index contributed by atoms with van der Waals surface area (Å²) in [6, 6.07) is 0. The Morgan fingerprint density at radius 1 is 1.60 bits per heavy atom. The van der Waals surface area contributed by atoms with E-state index in [2.05, 4.69) is 5.10 Å². The van der Waals surface area contributed by atoms with Crippen LogP contribution in [-0.4, -0.2) is 23.7 Å². The van der Waals surface area contributed by atoms with Gasteiger partial charge < -0.3 is 0 Å². The molecule has 0 N–H and O–H groups in total. The summed E-state index contributed by atoms with van der Waals surface area (Å²) in [6.07, 6.45) is 1.78. The maximum Gasteiger partial charge on any atom is 0.275 e. The van der Waals surface area contributed by atoms with Crippen molar-refractivity contribution in [3.63, 3.8) is 0 Å². The average molecular weight is 138 g/mol. The molecule has 0 saturated carbocycles. The predicted molar refractivity (Wildman–Crippen MR) is 39.6 cm³/mol. The lowest BCUT2D eigenvalue weighted by molar-refractivity contribution is -0.124. The molecule has 0 radical (unpaired) electrons. The molecule has 10 heavy (non-hydrogen) atoms. The monoisotopic (exact) mass is 138 g/mol. The summed E-state index contributed by atoms with van der Waals surface area (Å²) in [5.74, 6) is -0.0139. The van der Waals surface area contributed by atoms with Crippen LogP contribution in [0.5, 0.6) is 0 Å². The van der Waals surface area contributed by atoms with Gasteiger partial charge in [0, 0.05) is 7.05 Å². The van der Waals surface area contributed by atoms with Gasteiger partial charge in [-0.15, -0.1) is 0 Å². The van der Waals surface area contributed by atoms with E-state index in [1.165, 1.54) is 5.01 Å². The van der Waals surface area contributed by atoms with Gasteiger partial charge in [-0.05, 0) is 13.8 Å². The number of likely N-dealkylation sites (N-methyl/N-ethyl adjacent to an activating group) is 1. The molecule has 1 rings (SSSR count). The third-order valence-electron chi connectivity index (χ3n) is 1.50. The van der Waals surface area contributed by atoms with Crippen molar-refractivity contribution in [1.82, 2.24) is 5.01 Å². The second kappa shape index (κ2) is 2.25. The number of hydrazone groups is 1. The van der Waals surface area contributed by atoms with Gasteiger partial charge in [0.25, 0.3) is 5.91 Å². The maximum atomic E-state index is 11.1. The lowest BCUT2D eigenvalue weighted by Gasteiger charge is -1.99. The average Bonchev–Trinajstić information content (AvgIpc) is 2.09. The third kappa shape index (κ3) is 0.835. The Morgan fingerprint density at radius 2 is 2.20 bits per heavy atom. The standard InChI is InChI=1S/C7H10N2O/c1-4-6-5(2)8-9(3)7(6)10/h4H,1-3H3. The molecule has 3 nitrogen and oxygen atoms in total. The fraction of sp³-hybridized carbons (Fsp3) is 0.429. The lowest BCUT2D eigenvalue weighted by Crippen LogP contribution is -2.16. The lowest BCUT2D eigenvalue weighted by atomic mass is 10.2. The van der Waals surface area contributed by atoms with E-state index in [0.29, 0.717) is 5.57 Å². The number of hydrogen-bond donors (Lipinski definition) is 0. The first-order chi connectivity index (χ1) is 4.66. The Hall–Kier alpha value is -1.12. The number of carbonyl (C=O) groups is 1. The fourth-order valence-electron chi connectivity index (χ4n) is 0.986. The van der Waals surface area contributed by atoms with Crippen molar-refractivity contribution in [3.05, 3.63) is 11.6 Å². The minimum Gasteiger partial charge on any atom is -0.267 e. The molecule has 0 unspecified atom stereocenters. The molecular weight excluding hydrogens is 128 g/mol. The number of hydrogen-bond acceptors (Lipinski definition) is 2. The summed E-state index contributed by atoms with van der Waals surface area (Å²) < 4.78 is 0. The van der Waals surface area contributed by atoms with Gasteiger partial charge >= 0.3 is 0 Å². The van der Waals surface area contributed by atoms with Crippen LogP contribution in [0, 0.1) is 0 Å². The first kappa shape index (κ1) is 6.99. The van der Waals surface area contributed by atoms with E-state index in [0.717, 1.165) is 5.71 Å². The van der Waals surface area contributed by atoms with Gasteiger partial charge in [0.1, 0.15) is 0 Å². The van der Waals surface area contributed by atoms with E-state index >= 15 is 0 Å². The Balaban J connectivity index is 3.00. The molecular formula is C7H10N2O. The van der Waals surface area contributed by atoms with Crippen LogP contribution in [0.15, 0.2) is 16.8 Å². The Morgan fingerprint density at radius 3 is 2.40 bits per heavy atom. The Labute approximate surface area is 60.0 Å². The summed E-state index contributed by atoms with van der Waals surface area (Å²) >= 11 is 0. The summed E-state index contributed by atoms with van der Waals surface area (Å²) in [7, 11) is 1.66. The van der Waals surface area contributed by atoms with Crippen LogP contribution in [-0.2, 0) is 4.79 Å². The fourth-order valence-corrected chi connectivity index (χ4v) is 0.986. The van der Waals surface area contributed by atoms with Crippen molar-refractivity contribution in [2.24, 2.45) is 5.10 Å². The number of allylic oxidation sites excluding steroid dienone is 1. The first-order valence-electron chi connectivity index (χ1n) is 3.16. The molecule has 54 valence electrons. The molecule has 0 aromatic rings. The zero-order chi connectivity index (χ0) is 7.72. The molecule has 0 aliphatic carbocycles. The second-order valence-corrected chi connectivity index (χ2v) is 2.22. The number of nitrogens with zero attached hydrogens (tertiary/aromatic N) is 2. The molecule has 1 amide bonds. The highest BCUT2D eigenvalue weighted by Crippen LogP contribution is 2.11. The zero-order valence-corrected chi connectivity index (χ0v) is 6.38. The molecule has 0 saturated heterocycles. The van der Waals surface area contributed by atoms with Crippen LogP contribution >= 0.6 is 0 Å². The van der Waals surface area contributed by atoms with Crippen LogP contribution in [0.3, 0.4) is 0 Å². The highest BCUT2D eigenvalue weighted by Gasteiger charge is 2.22. The maximum absolute atomic E-state index is 11.1.